The average molecular weight is 270 g/mol. The van der Waals surface area contributed by atoms with Crippen LogP contribution >= 0.6 is 0 Å². The molecule has 0 amide bonds. The number of H-pyrrole nitrogens is 1. The number of rotatable bonds is 2. The zero-order valence-electron chi connectivity index (χ0n) is 10.8. The Hall–Kier alpha value is -2.48. The first-order chi connectivity index (χ1) is 9.92. The molecule has 102 valence electrons. The second-order valence-electron chi connectivity index (χ2n) is 4.69. The van der Waals surface area contributed by atoms with E-state index in [0.29, 0.717) is 0 Å². The molecule has 1 aliphatic heterocycles. The van der Waals surface area contributed by atoms with Gasteiger partial charge in [0.25, 0.3) is 0 Å². The van der Waals surface area contributed by atoms with Gasteiger partial charge in [-0.2, -0.15) is 10.1 Å². The molecule has 0 radical (unpaired) electrons. The predicted molar refractivity (Wildman–Crippen MR) is 73.4 cm³/mol. The number of fused-ring (bicyclic) bond motifs is 1. The molecule has 2 N–H and O–H groups in total. The minimum absolute atomic E-state index is 0.724. The minimum atomic E-state index is 0.724. The van der Waals surface area contributed by atoms with Crippen molar-refractivity contribution in [1.29, 1.82) is 0 Å². The third-order valence-electron chi connectivity index (χ3n) is 3.45. The molecule has 0 unspecified atom stereocenters. The van der Waals surface area contributed by atoms with Gasteiger partial charge in [0.05, 0.1) is 23.5 Å². The van der Waals surface area contributed by atoms with Gasteiger partial charge < -0.3 is 10.2 Å². The number of nitrogens with zero attached hydrogens (tertiary/aromatic N) is 6. The summed E-state index contributed by atoms with van der Waals surface area (Å²) in [4.78, 5) is 10.9. The van der Waals surface area contributed by atoms with Crippen molar-refractivity contribution in [2.45, 2.75) is 0 Å². The maximum Gasteiger partial charge on any atom is 0.245 e. The third kappa shape index (κ3) is 1.81. The normalized spacial score (nSPS) is 15.9. The molecule has 8 nitrogen and oxygen atoms in total. The maximum absolute atomic E-state index is 4.58. The molecule has 0 aliphatic carbocycles. The van der Waals surface area contributed by atoms with E-state index in [0.717, 1.165) is 49.0 Å². The lowest BCUT2D eigenvalue weighted by Gasteiger charge is -2.25. The summed E-state index contributed by atoms with van der Waals surface area (Å²) in [6, 6.07) is 0. The number of hydrogen-bond donors (Lipinski definition) is 2. The molecule has 1 aliphatic rings. The molecule has 0 spiro atoms. The first-order valence-corrected chi connectivity index (χ1v) is 6.57. The molecule has 4 rings (SSSR count). The lowest BCUT2D eigenvalue weighted by molar-refractivity contribution is 0.580. The highest BCUT2D eigenvalue weighted by atomic mass is 15.4. The average Bonchev–Trinajstić information content (AvgIpc) is 3.14. The van der Waals surface area contributed by atoms with Crippen molar-refractivity contribution in [3.05, 3.63) is 24.8 Å². The van der Waals surface area contributed by atoms with Crippen molar-refractivity contribution in [3.8, 4) is 11.4 Å². The largest absolute Gasteiger partial charge is 0.337 e. The van der Waals surface area contributed by atoms with Crippen LogP contribution in [-0.4, -0.2) is 56.0 Å². The van der Waals surface area contributed by atoms with Crippen LogP contribution in [0.25, 0.3) is 16.9 Å². The van der Waals surface area contributed by atoms with Gasteiger partial charge in [0.2, 0.25) is 5.95 Å². The lowest BCUT2D eigenvalue weighted by Crippen LogP contribution is -2.44. The lowest BCUT2D eigenvalue weighted by atomic mass is 10.3. The van der Waals surface area contributed by atoms with Gasteiger partial charge in [-0.3, -0.25) is 10.1 Å². The number of aromatic amines is 1. The molecule has 0 atom stereocenters. The van der Waals surface area contributed by atoms with Gasteiger partial charge in [-0.05, 0) is 0 Å². The van der Waals surface area contributed by atoms with Crippen LogP contribution in [0.15, 0.2) is 24.8 Å². The highest BCUT2D eigenvalue weighted by Crippen LogP contribution is 2.21. The summed E-state index contributed by atoms with van der Waals surface area (Å²) in [7, 11) is 0. The summed E-state index contributed by atoms with van der Waals surface area (Å²) >= 11 is 0. The molecule has 0 bridgehead atoms. The van der Waals surface area contributed by atoms with E-state index in [2.05, 4.69) is 35.5 Å². The Labute approximate surface area is 114 Å². The number of aromatic nitrogens is 6. The molecule has 1 saturated heterocycles. The Bertz CT molecular complexity index is 724. The van der Waals surface area contributed by atoms with E-state index in [1.54, 1.807) is 23.1 Å². The molecular weight excluding hydrogens is 256 g/mol. The fourth-order valence-electron chi connectivity index (χ4n) is 2.40. The summed E-state index contributed by atoms with van der Waals surface area (Å²) in [5, 5.41) is 14.9. The smallest absolute Gasteiger partial charge is 0.245 e. The Morgan fingerprint density at radius 3 is 2.95 bits per heavy atom. The summed E-state index contributed by atoms with van der Waals surface area (Å²) < 4.78 is 1.77. The van der Waals surface area contributed by atoms with Gasteiger partial charge in [-0.1, -0.05) is 0 Å². The van der Waals surface area contributed by atoms with Crippen molar-refractivity contribution >= 4 is 11.5 Å². The molecule has 0 aromatic carbocycles. The van der Waals surface area contributed by atoms with Crippen molar-refractivity contribution < 1.29 is 0 Å². The van der Waals surface area contributed by atoms with Crippen molar-refractivity contribution in [3.63, 3.8) is 0 Å². The summed E-state index contributed by atoms with van der Waals surface area (Å²) in [6.45, 7) is 3.77. The molecule has 3 aromatic heterocycles. The summed E-state index contributed by atoms with van der Waals surface area (Å²) in [6.07, 6.45) is 7.07. The first-order valence-electron chi connectivity index (χ1n) is 6.57. The van der Waals surface area contributed by atoms with E-state index in [1.807, 2.05) is 6.20 Å². The standard InChI is InChI=1S/C12H14N8/c1-4-19(5-2-13-1)12-16-11(17-18-12)9-7-15-20-6-3-14-8-10(9)20/h3,6-8,13H,1-2,4-5H2,(H,16,17,18). The number of piperazine rings is 1. The van der Waals surface area contributed by atoms with E-state index < -0.39 is 0 Å². The van der Waals surface area contributed by atoms with E-state index in [-0.39, 0.29) is 0 Å². The van der Waals surface area contributed by atoms with Gasteiger partial charge >= 0.3 is 0 Å². The van der Waals surface area contributed by atoms with Crippen LogP contribution < -0.4 is 10.2 Å². The van der Waals surface area contributed by atoms with E-state index >= 15 is 0 Å². The number of hydrogen-bond acceptors (Lipinski definition) is 6. The van der Waals surface area contributed by atoms with Crippen LogP contribution in [0.4, 0.5) is 5.95 Å². The van der Waals surface area contributed by atoms with Crippen LogP contribution in [0.5, 0.6) is 0 Å². The topological polar surface area (TPSA) is 87.0 Å². The van der Waals surface area contributed by atoms with Crippen LogP contribution in [0.3, 0.4) is 0 Å². The Morgan fingerprint density at radius 1 is 1.15 bits per heavy atom. The number of nitrogens with one attached hydrogen (secondary N) is 2. The van der Waals surface area contributed by atoms with Crippen LogP contribution in [0.1, 0.15) is 0 Å². The van der Waals surface area contributed by atoms with Gasteiger partial charge in [0, 0.05) is 38.6 Å². The molecule has 4 heterocycles. The number of anilines is 1. The molecule has 8 heteroatoms. The monoisotopic (exact) mass is 270 g/mol. The van der Waals surface area contributed by atoms with E-state index in [1.165, 1.54) is 0 Å². The highest BCUT2D eigenvalue weighted by Gasteiger charge is 2.17. The zero-order valence-corrected chi connectivity index (χ0v) is 10.8. The maximum atomic E-state index is 4.58. The van der Waals surface area contributed by atoms with Crippen LogP contribution in [0, 0.1) is 0 Å². The first kappa shape index (κ1) is 11.4. The van der Waals surface area contributed by atoms with Crippen molar-refractivity contribution in [1.82, 2.24) is 35.1 Å². The quantitative estimate of drug-likeness (QED) is 0.677. The molecule has 0 saturated carbocycles. The van der Waals surface area contributed by atoms with Gasteiger partial charge in [-0.15, -0.1) is 5.10 Å². The predicted octanol–water partition coefficient (Wildman–Crippen LogP) is -0.0760. The van der Waals surface area contributed by atoms with Crippen LogP contribution in [-0.2, 0) is 0 Å². The molecule has 1 fully saturated rings. The highest BCUT2D eigenvalue weighted by molar-refractivity contribution is 5.75. The van der Waals surface area contributed by atoms with E-state index in [4.69, 9.17) is 0 Å². The molecule has 20 heavy (non-hydrogen) atoms. The Kier molecular flexibility index (Phi) is 2.59. The molecular formula is C12H14N8. The van der Waals surface area contributed by atoms with Gasteiger partial charge in [0.1, 0.15) is 0 Å². The summed E-state index contributed by atoms with van der Waals surface area (Å²) in [5.74, 6) is 1.46. The minimum Gasteiger partial charge on any atom is -0.337 e. The van der Waals surface area contributed by atoms with Gasteiger partial charge in [0.15, 0.2) is 5.82 Å². The van der Waals surface area contributed by atoms with Crippen molar-refractivity contribution in [2.75, 3.05) is 31.1 Å². The van der Waals surface area contributed by atoms with E-state index in [9.17, 15) is 0 Å². The third-order valence-corrected chi connectivity index (χ3v) is 3.45. The fraction of sp³-hybridized carbons (Fsp3) is 0.333. The zero-order chi connectivity index (χ0) is 13.4. The molecule has 3 aromatic rings. The second kappa shape index (κ2) is 4.57. The Balaban J connectivity index is 1.70. The SMILES string of the molecule is c1cn2ncc(-c3nc(N4CCNCC4)n[nH]3)c2cn1. The summed E-state index contributed by atoms with van der Waals surface area (Å²) in [5.41, 5.74) is 1.82. The van der Waals surface area contributed by atoms with Gasteiger partial charge in [-0.25, -0.2) is 4.52 Å². The fourth-order valence-corrected chi connectivity index (χ4v) is 2.40. The van der Waals surface area contributed by atoms with Crippen LogP contribution in [0.2, 0.25) is 0 Å². The second-order valence-corrected chi connectivity index (χ2v) is 4.69. The van der Waals surface area contributed by atoms with Crippen molar-refractivity contribution in [2.24, 2.45) is 0 Å². The Morgan fingerprint density at radius 2 is 2.05 bits per heavy atom.